The van der Waals surface area contributed by atoms with E-state index in [0.717, 1.165) is 21.9 Å². The molecule has 0 atom stereocenters. The van der Waals surface area contributed by atoms with E-state index in [1.54, 1.807) is 0 Å². The van der Waals surface area contributed by atoms with Crippen molar-refractivity contribution in [3.63, 3.8) is 0 Å². The summed E-state index contributed by atoms with van der Waals surface area (Å²) in [5, 5.41) is 14.8. The van der Waals surface area contributed by atoms with Crippen LogP contribution < -0.4 is 0 Å². The molecule has 0 amide bonds. The molecule has 0 radical (unpaired) electrons. The molecule has 0 saturated carbocycles. The lowest BCUT2D eigenvalue weighted by Crippen LogP contribution is -2.15. The molecule has 0 N–H and O–H groups in total. The maximum absolute atomic E-state index is 6.57. The van der Waals surface area contributed by atoms with Crippen molar-refractivity contribution in [1.82, 2.24) is 0 Å². The van der Waals surface area contributed by atoms with E-state index in [0.29, 0.717) is 0 Å². The van der Waals surface area contributed by atoms with Crippen molar-refractivity contribution in [1.29, 1.82) is 0 Å². The van der Waals surface area contributed by atoms with E-state index in [1.807, 2.05) is 0 Å². The van der Waals surface area contributed by atoms with Gasteiger partial charge in [-0.3, -0.25) is 0 Å². The Morgan fingerprint density at radius 2 is 0.817 bits per heavy atom. The summed E-state index contributed by atoms with van der Waals surface area (Å²) in [4.78, 5) is 0. The van der Waals surface area contributed by atoms with Crippen molar-refractivity contribution in [2.24, 2.45) is 0 Å². The van der Waals surface area contributed by atoms with Gasteiger partial charge in [-0.1, -0.05) is 184 Å². The highest BCUT2D eigenvalue weighted by molar-refractivity contribution is 6.26. The van der Waals surface area contributed by atoms with Crippen molar-refractivity contribution in [2.45, 2.75) is 19.3 Å². The third-order valence-electron chi connectivity index (χ3n) is 13.6. The van der Waals surface area contributed by atoms with E-state index in [1.165, 1.54) is 109 Å². The van der Waals surface area contributed by atoms with E-state index in [4.69, 9.17) is 4.42 Å². The molecule has 0 fully saturated rings. The van der Waals surface area contributed by atoms with Crippen molar-refractivity contribution in [3.05, 3.63) is 205 Å². The molecule has 0 spiro atoms. The first kappa shape index (κ1) is 33.5. The van der Waals surface area contributed by atoms with Gasteiger partial charge < -0.3 is 4.42 Å². The molecule has 1 heteroatoms. The summed E-state index contributed by atoms with van der Waals surface area (Å²) >= 11 is 0. The van der Waals surface area contributed by atoms with E-state index < -0.39 is 0 Å². The predicted octanol–water partition coefficient (Wildman–Crippen LogP) is 16.7. The highest BCUT2D eigenvalue weighted by Gasteiger charge is 2.38. The maximum atomic E-state index is 6.57. The first-order valence-electron chi connectivity index (χ1n) is 21.0. The highest BCUT2D eigenvalue weighted by Crippen LogP contribution is 2.55. The minimum Gasteiger partial charge on any atom is -0.456 e. The van der Waals surface area contributed by atoms with Crippen LogP contribution in [0.3, 0.4) is 0 Å². The number of benzene rings is 11. The fourth-order valence-electron chi connectivity index (χ4n) is 11.1. The second-order valence-corrected chi connectivity index (χ2v) is 17.1. The number of furan rings is 1. The number of para-hydroxylation sites is 1. The Balaban J connectivity index is 1.12. The first-order chi connectivity index (χ1) is 29.5. The molecule has 0 unspecified atom stereocenters. The van der Waals surface area contributed by atoms with Gasteiger partial charge in [0, 0.05) is 16.2 Å². The second-order valence-electron chi connectivity index (χ2n) is 17.1. The SMILES string of the molecule is CC1(C)c2ccccc2-c2cc(-c3ccc(-c4c5ccccc5c(-c5cccc6ccccc56)c5ccccc45)c4ccccc34)c3cc4c(cc3c21)oc1ccccc14. The Morgan fingerprint density at radius 3 is 1.53 bits per heavy atom. The first-order valence-corrected chi connectivity index (χ1v) is 21.0. The minimum absolute atomic E-state index is 0.172. The molecule has 280 valence electrons. The zero-order valence-corrected chi connectivity index (χ0v) is 33.4. The zero-order chi connectivity index (χ0) is 39.7. The van der Waals surface area contributed by atoms with Gasteiger partial charge in [0.2, 0.25) is 0 Å². The minimum atomic E-state index is -0.172. The van der Waals surface area contributed by atoms with Crippen LogP contribution in [0.25, 0.3) is 120 Å². The van der Waals surface area contributed by atoms with Gasteiger partial charge in [-0.15, -0.1) is 0 Å². The van der Waals surface area contributed by atoms with Crippen LogP contribution >= 0.6 is 0 Å². The Kier molecular flexibility index (Phi) is 6.85. The van der Waals surface area contributed by atoms with Gasteiger partial charge in [0.1, 0.15) is 11.2 Å². The van der Waals surface area contributed by atoms with Crippen LogP contribution in [0.4, 0.5) is 0 Å². The van der Waals surface area contributed by atoms with Gasteiger partial charge in [-0.25, -0.2) is 0 Å². The van der Waals surface area contributed by atoms with Crippen LogP contribution in [-0.4, -0.2) is 0 Å². The van der Waals surface area contributed by atoms with Gasteiger partial charge in [0.05, 0.1) is 0 Å². The molecule has 1 aliphatic rings. The lowest BCUT2D eigenvalue weighted by atomic mass is 9.78. The average molecular weight is 763 g/mol. The third kappa shape index (κ3) is 4.52. The van der Waals surface area contributed by atoms with Crippen LogP contribution in [0.2, 0.25) is 0 Å². The second kappa shape index (κ2) is 12.3. The van der Waals surface area contributed by atoms with Crippen molar-refractivity contribution < 1.29 is 4.42 Å². The maximum Gasteiger partial charge on any atom is 0.136 e. The van der Waals surface area contributed by atoms with Crippen molar-refractivity contribution >= 4 is 75.8 Å². The van der Waals surface area contributed by atoms with Crippen LogP contribution in [0.1, 0.15) is 25.0 Å². The van der Waals surface area contributed by atoms with Gasteiger partial charge in [0.15, 0.2) is 0 Å². The van der Waals surface area contributed by atoms with Gasteiger partial charge >= 0.3 is 0 Å². The average Bonchev–Trinajstić information content (AvgIpc) is 3.77. The van der Waals surface area contributed by atoms with Crippen molar-refractivity contribution in [2.75, 3.05) is 0 Å². The topological polar surface area (TPSA) is 13.1 Å². The number of hydrogen-bond acceptors (Lipinski definition) is 1. The fourth-order valence-corrected chi connectivity index (χ4v) is 11.1. The Morgan fingerprint density at radius 1 is 0.300 bits per heavy atom. The molecule has 0 bridgehead atoms. The van der Waals surface area contributed by atoms with Crippen LogP contribution in [0, 0.1) is 0 Å². The summed E-state index contributed by atoms with van der Waals surface area (Å²) in [7, 11) is 0. The summed E-state index contributed by atoms with van der Waals surface area (Å²) in [6, 6.07) is 72.0. The largest absolute Gasteiger partial charge is 0.456 e. The zero-order valence-electron chi connectivity index (χ0n) is 33.4. The smallest absolute Gasteiger partial charge is 0.136 e. The summed E-state index contributed by atoms with van der Waals surface area (Å²) in [5.74, 6) is 0. The van der Waals surface area contributed by atoms with Crippen molar-refractivity contribution in [3.8, 4) is 44.5 Å². The van der Waals surface area contributed by atoms with Gasteiger partial charge in [0.25, 0.3) is 0 Å². The molecular formula is C59H38O. The molecule has 1 nitrogen and oxygen atoms in total. The number of hydrogen-bond donors (Lipinski definition) is 0. The van der Waals surface area contributed by atoms with E-state index >= 15 is 0 Å². The van der Waals surface area contributed by atoms with Crippen LogP contribution in [-0.2, 0) is 5.41 Å². The molecule has 12 aromatic rings. The molecule has 1 heterocycles. The van der Waals surface area contributed by atoms with Gasteiger partial charge in [-0.2, -0.15) is 0 Å². The normalized spacial score (nSPS) is 13.3. The molecule has 0 aliphatic heterocycles. The van der Waals surface area contributed by atoms with Crippen LogP contribution in [0.15, 0.2) is 199 Å². The standard InChI is InChI=1S/C59H38O/c1-59(2)53-28-13-11-21-40(53)51-33-48(49-32-50-41-22-12-14-29-54(41)60-55(50)34-52(49)58(51)59)39-30-31-47(38-20-6-5-19-37(38)39)57-45-25-9-7-23-43(45)56(44-24-8-10-26-46(44)57)42-27-15-17-35-16-3-4-18-36(35)42/h3-34H,1-2H3. The number of rotatable bonds is 3. The summed E-state index contributed by atoms with van der Waals surface area (Å²) in [5.41, 5.74) is 14.6. The molecule has 1 aromatic heterocycles. The molecule has 13 rings (SSSR count). The lowest BCUT2D eigenvalue weighted by molar-refractivity contribution is 0.663. The summed E-state index contributed by atoms with van der Waals surface area (Å²) in [6.07, 6.45) is 0. The lowest BCUT2D eigenvalue weighted by Gasteiger charge is -2.24. The third-order valence-corrected chi connectivity index (χ3v) is 13.6. The van der Waals surface area contributed by atoms with Gasteiger partial charge in [-0.05, 0) is 134 Å². The quantitative estimate of drug-likeness (QED) is 0.163. The number of fused-ring (bicyclic) bond motifs is 12. The molecule has 0 saturated heterocycles. The highest BCUT2D eigenvalue weighted by atomic mass is 16.3. The van der Waals surface area contributed by atoms with E-state index in [9.17, 15) is 0 Å². The molecule has 1 aliphatic carbocycles. The van der Waals surface area contributed by atoms with E-state index in [2.05, 4.69) is 208 Å². The Hall–Kier alpha value is -7.48. The van der Waals surface area contributed by atoms with E-state index in [-0.39, 0.29) is 5.41 Å². The summed E-state index contributed by atoms with van der Waals surface area (Å²) in [6.45, 7) is 4.76. The monoisotopic (exact) mass is 762 g/mol. The van der Waals surface area contributed by atoms with Crippen LogP contribution in [0.5, 0.6) is 0 Å². The summed E-state index contributed by atoms with van der Waals surface area (Å²) < 4.78 is 6.57. The molecule has 11 aromatic carbocycles. The predicted molar refractivity (Wildman–Crippen MR) is 255 cm³/mol. The Labute approximate surface area is 347 Å². The fraction of sp³-hybridized carbons (Fsp3) is 0.0508. The Bertz CT molecular complexity index is 3740. The molecule has 60 heavy (non-hydrogen) atoms. The molecular weight excluding hydrogens is 725 g/mol.